The molecule has 25 heavy (non-hydrogen) atoms. The van der Waals surface area contributed by atoms with Crippen molar-refractivity contribution in [2.45, 2.75) is 26.3 Å². The minimum absolute atomic E-state index is 0.0147. The molecule has 0 aliphatic rings. The maximum Gasteiger partial charge on any atom is 0.274 e. The Morgan fingerprint density at radius 2 is 1.88 bits per heavy atom. The van der Waals surface area contributed by atoms with Crippen molar-refractivity contribution in [1.82, 2.24) is 4.90 Å². The number of nitrogens with zero attached hydrogens (tertiary/aromatic N) is 2. The molecule has 0 aromatic heterocycles. The van der Waals surface area contributed by atoms with Gasteiger partial charge in [-0.1, -0.05) is 54.4 Å². The average Bonchev–Trinajstić information content (AvgIpc) is 2.59. The number of hydrogen-bond donors (Lipinski definition) is 0. The number of rotatable bonds is 7. The quantitative estimate of drug-likeness (QED) is 0.507. The van der Waals surface area contributed by atoms with E-state index in [0.29, 0.717) is 35.0 Å². The number of hydrogen-bond acceptors (Lipinski definition) is 3. The van der Waals surface area contributed by atoms with Gasteiger partial charge in [0.15, 0.2) is 0 Å². The summed E-state index contributed by atoms with van der Waals surface area (Å²) in [7, 11) is 0. The van der Waals surface area contributed by atoms with E-state index < -0.39 is 4.92 Å². The average molecular weight is 381 g/mol. The lowest BCUT2D eigenvalue weighted by atomic mass is 10.1. The van der Waals surface area contributed by atoms with E-state index in [1.807, 2.05) is 6.07 Å². The van der Waals surface area contributed by atoms with Crippen LogP contribution in [-0.2, 0) is 17.8 Å². The lowest BCUT2D eigenvalue weighted by Gasteiger charge is -2.22. The van der Waals surface area contributed by atoms with Gasteiger partial charge in [0.2, 0.25) is 5.91 Å². The Kier molecular flexibility index (Phi) is 6.79. The molecule has 0 spiro atoms. The van der Waals surface area contributed by atoms with Crippen molar-refractivity contribution >= 4 is 34.8 Å². The largest absolute Gasteiger partial charge is 0.338 e. The van der Waals surface area contributed by atoms with Crippen molar-refractivity contribution in [1.29, 1.82) is 0 Å². The molecule has 5 nitrogen and oxygen atoms in total. The summed E-state index contributed by atoms with van der Waals surface area (Å²) in [6, 6.07) is 11.7. The van der Waals surface area contributed by atoms with E-state index >= 15 is 0 Å². The smallest absolute Gasteiger partial charge is 0.274 e. The Bertz CT molecular complexity index is 781. The van der Waals surface area contributed by atoms with E-state index in [0.717, 1.165) is 5.56 Å². The fourth-order valence-corrected chi connectivity index (χ4v) is 3.03. The molecule has 1 amide bonds. The first kappa shape index (κ1) is 19.2. The molecule has 0 aliphatic carbocycles. The van der Waals surface area contributed by atoms with Crippen molar-refractivity contribution in [3.05, 3.63) is 73.8 Å². The second kappa shape index (κ2) is 8.83. The molecule has 2 aromatic rings. The molecular formula is C18H18Cl2N2O3. The topological polar surface area (TPSA) is 63.5 Å². The number of nitro groups is 1. The second-order valence-corrected chi connectivity index (χ2v) is 6.38. The maximum absolute atomic E-state index is 12.3. The summed E-state index contributed by atoms with van der Waals surface area (Å²) in [5.74, 6) is -0.0664. The van der Waals surface area contributed by atoms with Crippen LogP contribution in [0.2, 0.25) is 10.0 Å². The number of para-hydroxylation sites is 1. The molecule has 132 valence electrons. The van der Waals surface area contributed by atoms with Crippen LogP contribution in [0, 0.1) is 10.1 Å². The van der Waals surface area contributed by atoms with Crippen LogP contribution < -0.4 is 0 Å². The van der Waals surface area contributed by atoms with Crippen LogP contribution in [0.4, 0.5) is 5.69 Å². The van der Waals surface area contributed by atoms with E-state index in [9.17, 15) is 14.9 Å². The molecule has 0 saturated heterocycles. The number of carbonyl (C=O) groups excluding carboxylic acids is 1. The molecule has 0 saturated carbocycles. The van der Waals surface area contributed by atoms with Gasteiger partial charge in [-0.05, 0) is 24.1 Å². The fraction of sp³-hybridized carbons (Fsp3) is 0.278. The number of carbonyl (C=O) groups is 1. The molecular weight excluding hydrogens is 363 g/mol. The summed E-state index contributed by atoms with van der Waals surface area (Å²) >= 11 is 12.1. The molecule has 0 N–H and O–H groups in total. The van der Waals surface area contributed by atoms with Gasteiger partial charge in [-0.3, -0.25) is 14.9 Å². The highest BCUT2D eigenvalue weighted by molar-refractivity contribution is 6.35. The van der Waals surface area contributed by atoms with E-state index in [1.54, 1.807) is 42.2 Å². The third-order valence-electron chi connectivity index (χ3n) is 3.87. The lowest BCUT2D eigenvalue weighted by Crippen LogP contribution is -2.32. The Morgan fingerprint density at radius 1 is 1.16 bits per heavy atom. The van der Waals surface area contributed by atoms with E-state index in [-0.39, 0.29) is 18.1 Å². The Labute approximate surface area is 156 Å². The van der Waals surface area contributed by atoms with Gasteiger partial charge in [0.05, 0.1) is 11.5 Å². The number of nitro benzene ring substituents is 1. The molecule has 0 atom stereocenters. The number of benzene rings is 2. The lowest BCUT2D eigenvalue weighted by molar-refractivity contribution is -0.385. The van der Waals surface area contributed by atoms with Gasteiger partial charge in [-0.2, -0.15) is 0 Å². The first-order valence-electron chi connectivity index (χ1n) is 7.86. The standard InChI is InChI=1S/C18H18Cl2N2O3/c1-2-18(23)21(10-9-13-7-8-15(19)11-16(13)20)12-14-5-3-4-6-17(14)22(24)25/h3-8,11H,2,9-10,12H2,1H3. The second-order valence-electron chi connectivity index (χ2n) is 5.54. The van der Waals surface area contributed by atoms with E-state index in [2.05, 4.69) is 0 Å². The molecule has 0 unspecified atom stereocenters. The van der Waals surface area contributed by atoms with Crippen molar-refractivity contribution < 1.29 is 9.72 Å². The molecule has 0 heterocycles. The van der Waals surface area contributed by atoms with Crippen molar-refractivity contribution in [3.63, 3.8) is 0 Å². The molecule has 2 aromatic carbocycles. The molecule has 0 bridgehead atoms. The molecule has 0 aliphatic heterocycles. The molecule has 2 rings (SSSR count). The first-order chi connectivity index (χ1) is 11.9. The highest BCUT2D eigenvalue weighted by atomic mass is 35.5. The zero-order chi connectivity index (χ0) is 18.4. The normalized spacial score (nSPS) is 10.5. The van der Waals surface area contributed by atoms with Crippen molar-refractivity contribution in [2.24, 2.45) is 0 Å². The Balaban J connectivity index is 2.17. The van der Waals surface area contributed by atoms with Crippen LogP contribution in [0.3, 0.4) is 0 Å². The summed E-state index contributed by atoms with van der Waals surface area (Å²) in [6.45, 7) is 2.37. The molecule has 0 fully saturated rings. The van der Waals surface area contributed by atoms with E-state index in [4.69, 9.17) is 23.2 Å². The van der Waals surface area contributed by atoms with Crippen LogP contribution in [0.15, 0.2) is 42.5 Å². The monoisotopic (exact) mass is 380 g/mol. The summed E-state index contributed by atoms with van der Waals surface area (Å²) in [4.78, 5) is 24.6. The zero-order valence-electron chi connectivity index (χ0n) is 13.7. The third kappa shape index (κ3) is 5.18. The summed E-state index contributed by atoms with van der Waals surface area (Å²) in [6.07, 6.45) is 0.872. The fourth-order valence-electron chi connectivity index (χ4n) is 2.52. The van der Waals surface area contributed by atoms with Gasteiger partial charge < -0.3 is 4.90 Å². The highest BCUT2D eigenvalue weighted by Crippen LogP contribution is 2.23. The van der Waals surface area contributed by atoms with Crippen LogP contribution >= 0.6 is 23.2 Å². The van der Waals surface area contributed by atoms with Gasteiger partial charge in [0.1, 0.15) is 0 Å². The Hall–Kier alpha value is -2.11. The van der Waals surface area contributed by atoms with Crippen LogP contribution in [0.1, 0.15) is 24.5 Å². The first-order valence-corrected chi connectivity index (χ1v) is 8.62. The number of amides is 1. The van der Waals surface area contributed by atoms with Crippen LogP contribution in [0.5, 0.6) is 0 Å². The summed E-state index contributed by atoms with van der Waals surface area (Å²) in [5.41, 5.74) is 1.40. The van der Waals surface area contributed by atoms with E-state index in [1.165, 1.54) is 6.07 Å². The zero-order valence-corrected chi connectivity index (χ0v) is 15.3. The molecule has 7 heteroatoms. The molecule has 0 radical (unpaired) electrons. The number of halogens is 2. The van der Waals surface area contributed by atoms with Gasteiger partial charge in [0.25, 0.3) is 5.69 Å². The van der Waals surface area contributed by atoms with Crippen LogP contribution in [-0.4, -0.2) is 22.3 Å². The minimum Gasteiger partial charge on any atom is -0.338 e. The third-order valence-corrected chi connectivity index (χ3v) is 4.46. The van der Waals surface area contributed by atoms with Gasteiger partial charge in [0, 0.05) is 34.6 Å². The SMILES string of the molecule is CCC(=O)N(CCc1ccc(Cl)cc1Cl)Cc1ccccc1[N+](=O)[O-]. The van der Waals surface area contributed by atoms with Gasteiger partial charge in [-0.25, -0.2) is 0 Å². The van der Waals surface area contributed by atoms with Crippen molar-refractivity contribution in [3.8, 4) is 0 Å². The Morgan fingerprint density at radius 3 is 2.52 bits per heavy atom. The van der Waals surface area contributed by atoms with Gasteiger partial charge in [-0.15, -0.1) is 0 Å². The summed E-state index contributed by atoms with van der Waals surface area (Å²) in [5, 5.41) is 12.3. The van der Waals surface area contributed by atoms with Gasteiger partial charge >= 0.3 is 0 Å². The predicted molar refractivity (Wildman–Crippen MR) is 99.0 cm³/mol. The van der Waals surface area contributed by atoms with Crippen LogP contribution in [0.25, 0.3) is 0 Å². The predicted octanol–water partition coefficient (Wildman–Crippen LogP) is 4.88. The minimum atomic E-state index is -0.431. The summed E-state index contributed by atoms with van der Waals surface area (Å²) < 4.78 is 0. The maximum atomic E-state index is 12.3. The van der Waals surface area contributed by atoms with Crippen molar-refractivity contribution in [2.75, 3.05) is 6.54 Å². The highest BCUT2D eigenvalue weighted by Gasteiger charge is 2.19.